The van der Waals surface area contributed by atoms with E-state index in [-0.39, 0.29) is 42.2 Å². The molecule has 1 amide bonds. The Hall–Kier alpha value is -2.14. The van der Waals surface area contributed by atoms with Crippen LogP contribution < -0.4 is 10.6 Å². The van der Waals surface area contributed by atoms with Crippen molar-refractivity contribution in [2.45, 2.75) is 12.8 Å². The molecule has 6 nitrogen and oxygen atoms in total. The highest BCUT2D eigenvalue weighted by Gasteiger charge is 2.07. The Bertz CT molecular complexity index is 971. The van der Waals surface area contributed by atoms with Crippen molar-refractivity contribution < 1.29 is 9.18 Å². The zero-order valence-corrected chi connectivity index (χ0v) is 20.2. The van der Waals surface area contributed by atoms with E-state index in [0.29, 0.717) is 18.9 Å². The Morgan fingerprint density at radius 1 is 1.20 bits per heavy atom. The molecular weight excluding hydrogens is 516 g/mol. The minimum Gasteiger partial charge on any atom is -0.361 e. The minimum atomic E-state index is -0.244. The van der Waals surface area contributed by atoms with Gasteiger partial charge in [0.25, 0.3) is 0 Å². The summed E-state index contributed by atoms with van der Waals surface area (Å²) in [5.74, 6) is 0.297. The van der Waals surface area contributed by atoms with Crippen LogP contribution in [-0.2, 0) is 17.6 Å². The number of guanidine groups is 1. The first-order chi connectivity index (χ1) is 14.0. The summed E-state index contributed by atoms with van der Waals surface area (Å²) in [5.41, 5.74) is 1.95. The quantitative estimate of drug-likeness (QED) is 0.232. The molecule has 0 aliphatic carbocycles. The van der Waals surface area contributed by atoms with Gasteiger partial charge in [0.15, 0.2) is 5.96 Å². The maximum atomic E-state index is 13.5. The smallest absolute Gasteiger partial charge is 0.243 e. The molecule has 0 radical (unpaired) electrons. The lowest BCUT2D eigenvalue weighted by Crippen LogP contribution is -2.40. The average Bonchev–Trinajstić information content (AvgIpc) is 3.35. The fourth-order valence-corrected chi connectivity index (χ4v) is 3.60. The second-order valence-corrected chi connectivity index (χ2v) is 7.92. The number of nitrogens with one attached hydrogen (secondary N) is 3. The number of halogens is 2. The summed E-state index contributed by atoms with van der Waals surface area (Å²) in [6, 6.07) is 8.87. The molecule has 0 bridgehead atoms. The molecule has 2 heterocycles. The van der Waals surface area contributed by atoms with Crippen LogP contribution in [0.25, 0.3) is 10.9 Å². The van der Waals surface area contributed by atoms with Crippen molar-refractivity contribution in [3.8, 4) is 0 Å². The number of likely N-dealkylation sites (N-methyl/N-ethyl adjacent to an activating group) is 1. The minimum absolute atomic E-state index is 0. The first-order valence-electron chi connectivity index (χ1n) is 9.53. The van der Waals surface area contributed by atoms with Crippen LogP contribution in [0.1, 0.15) is 10.4 Å². The van der Waals surface area contributed by atoms with E-state index in [1.165, 1.54) is 15.8 Å². The van der Waals surface area contributed by atoms with Crippen LogP contribution in [0.15, 0.2) is 46.9 Å². The van der Waals surface area contributed by atoms with E-state index in [1.54, 1.807) is 37.6 Å². The third-order valence-electron chi connectivity index (χ3n) is 4.53. The number of aromatic amines is 1. The molecule has 2 aromatic heterocycles. The molecule has 30 heavy (non-hydrogen) atoms. The molecule has 0 unspecified atom stereocenters. The molecule has 3 aromatic rings. The van der Waals surface area contributed by atoms with E-state index in [0.717, 1.165) is 29.4 Å². The van der Waals surface area contributed by atoms with Gasteiger partial charge < -0.3 is 20.5 Å². The van der Waals surface area contributed by atoms with Crippen LogP contribution in [0.3, 0.4) is 0 Å². The van der Waals surface area contributed by atoms with Crippen molar-refractivity contribution in [2.75, 3.05) is 33.7 Å². The van der Waals surface area contributed by atoms with Gasteiger partial charge in [-0.25, -0.2) is 9.38 Å². The van der Waals surface area contributed by atoms with Crippen molar-refractivity contribution >= 4 is 58.1 Å². The van der Waals surface area contributed by atoms with E-state index in [4.69, 9.17) is 0 Å². The van der Waals surface area contributed by atoms with Crippen LogP contribution >= 0.6 is 35.3 Å². The van der Waals surface area contributed by atoms with Gasteiger partial charge in [-0.1, -0.05) is 6.07 Å². The van der Waals surface area contributed by atoms with Gasteiger partial charge in [-0.15, -0.1) is 35.3 Å². The van der Waals surface area contributed by atoms with Crippen LogP contribution in [0.5, 0.6) is 0 Å². The Labute approximate surface area is 197 Å². The number of hydrogen-bond acceptors (Lipinski definition) is 3. The second kappa shape index (κ2) is 11.9. The van der Waals surface area contributed by atoms with Crippen LogP contribution in [0, 0.1) is 5.82 Å². The number of nitrogens with zero attached hydrogens (tertiary/aromatic N) is 2. The number of thiophene rings is 1. The number of carbonyl (C=O) groups is 1. The molecule has 162 valence electrons. The molecule has 0 aliphatic rings. The van der Waals surface area contributed by atoms with Gasteiger partial charge in [0, 0.05) is 49.2 Å². The number of aromatic nitrogens is 1. The van der Waals surface area contributed by atoms with E-state index in [1.807, 2.05) is 12.3 Å². The van der Waals surface area contributed by atoms with Gasteiger partial charge in [-0.2, -0.15) is 0 Å². The number of carbonyl (C=O) groups excluding carboxylic acids is 1. The van der Waals surface area contributed by atoms with Crippen molar-refractivity contribution in [3.63, 3.8) is 0 Å². The fraction of sp³-hybridized carbons (Fsp3) is 0.333. The highest BCUT2D eigenvalue weighted by Crippen LogP contribution is 2.19. The summed E-state index contributed by atoms with van der Waals surface area (Å²) in [4.78, 5) is 22.3. The fourth-order valence-electron chi connectivity index (χ4n) is 2.89. The molecular formula is C21H27FIN5OS. The number of rotatable bonds is 8. The SMILES string of the molecule is CN(C)C(=O)CN=C(NCCc1cccs1)NCCc1c[nH]c2ccc(F)cc12.I. The molecule has 1 aromatic carbocycles. The Morgan fingerprint density at radius 2 is 1.97 bits per heavy atom. The number of hydrogen-bond donors (Lipinski definition) is 3. The zero-order valence-electron chi connectivity index (χ0n) is 17.1. The van der Waals surface area contributed by atoms with Gasteiger partial charge in [-0.05, 0) is 48.1 Å². The first kappa shape index (κ1) is 24.1. The molecule has 0 atom stereocenters. The van der Waals surface area contributed by atoms with Gasteiger partial charge >= 0.3 is 0 Å². The summed E-state index contributed by atoms with van der Waals surface area (Å²) < 4.78 is 13.5. The Balaban J connectivity index is 0.00000320. The monoisotopic (exact) mass is 543 g/mol. The first-order valence-corrected chi connectivity index (χ1v) is 10.4. The van der Waals surface area contributed by atoms with E-state index in [9.17, 15) is 9.18 Å². The van der Waals surface area contributed by atoms with E-state index in [2.05, 4.69) is 32.1 Å². The largest absolute Gasteiger partial charge is 0.361 e. The lowest BCUT2D eigenvalue weighted by molar-refractivity contribution is -0.127. The lowest BCUT2D eigenvalue weighted by atomic mass is 10.1. The third-order valence-corrected chi connectivity index (χ3v) is 5.47. The third kappa shape index (κ3) is 6.98. The maximum Gasteiger partial charge on any atom is 0.243 e. The van der Waals surface area contributed by atoms with Crippen molar-refractivity contribution in [3.05, 3.63) is 58.2 Å². The molecule has 0 spiro atoms. The number of aliphatic imine (C=N–C) groups is 1. The molecule has 3 rings (SSSR count). The summed E-state index contributed by atoms with van der Waals surface area (Å²) in [7, 11) is 3.43. The molecule has 9 heteroatoms. The van der Waals surface area contributed by atoms with Crippen LogP contribution in [0.4, 0.5) is 4.39 Å². The second-order valence-electron chi connectivity index (χ2n) is 6.89. The van der Waals surface area contributed by atoms with Crippen molar-refractivity contribution in [1.29, 1.82) is 0 Å². The van der Waals surface area contributed by atoms with Gasteiger partial charge in [0.05, 0.1) is 0 Å². The maximum absolute atomic E-state index is 13.5. The Kier molecular flexibility index (Phi) is 9.57. The summed E-state index contributed by atoms with van der Waals surface area (Å²) >= 11 is 1.72. The topological polar surface area (TPSA) is 72.5 Å². The van der Waals surface area contributed by atoms with Gasteiger partial charge in [0.2, 0.25) is 5.91 Å². The lowest BCUT2D eigenvalue weighted by Gasteiger charge is -2.13. The predicted molar refractivity (Wildman–Crippen MR) is 132 cm³/mol. The van der Waals surface area contributed by atoms with Crippen molar-refractivity contribution in [1.82, 2.24) is 20.5 Å². The number of amides is 1. The Morgan fingerprint density at radius 3 is 2.67 bits per heavy atom. The van der Waals surface area contributed by atoms with Crippen LogP contribution in [-0.4, -0.2) is 55.5 Å². The molecule has 0 aliphatic heterocycles. The molecule has 3 N–H and O–H groups in total. The summed E-state index contributed by atoms with van der Waals surface area (Å²) in [5, 5.41) is 9.51. The van der Waals surface area contributed by atoms with Gasteiger partial charge in [0.1, 0.15) is 12.4 Å². The van der Waals surface area contributed by atoms with Gasteiger partial charge in [-0.3, -0.25) is 4.79 Å². The van der Waals surface area contributed by atoms with E-state index < -0.39 is 0 Å². The molecule has 0 fully saturated rings. The molecule has 0 saturated heterocycles. The standard InChI is InChI=1S/C21H26FN5OS.HI/c1-27(2)20(28)14-26-21(24-10-8-17-4-3-11-29-17)23-9-7-15-13-25-19-6-5-16(22)12-18(15)19;/h3-6,11-13,25H,7-10,14H2,1-2H3,(H2,23,24,26);1H. The highest BCUT2D eigenvalue weighted by molar-refractivity contribution is 14.0. The average molecular weight is 543 g/mol. The highest BCUT2D eigenvalue weighted by atomic mass is 127. The normalized spacial score (nSPS) is 11.2. The number of H-pyrrole nitrogens is 1. The van der Waals surface area contributed by atoms with Crippen LogP contribution in [0.2, 0.25) is 0 Å². The molecule has 0 saturated carbocycles. The van der Waals surface area contributed by atoms with E-state index >= 15 is 0 Å². The summed E-state index contributed by atoms with van der Waals surface area (Å²) in [6.07, 6.45) is 3.50. The predicted octanol–water partition coefficient (Wildman–Crippen LogP) is 3.40. The number of benzene rings is 1. The summed E-state index contributed by atoms with van der Waals surface area (Å²) in [6.45, 7) is 1.42. The number of fused-ring (bicyclic) bond motifs is 1. The van der Waals surface area contributed by atoms with Crippen molar-refractivity contribution in [2.24, 2.45) is 4.99 Å². The zero-order chi connectivity index (χ0) is 20.6.